The summed E-state index contributed by atoms with van der Waals surface area (Å²) in [7, 11) is 0. The van der Waals surface area contributed by atoms with Crippen molar-refractivity contribution in [3.63, 3.8) is 0 Å². The molecule has 3 rings (SSSR count). The highest BCUT2D eigenvalue weighted by Gasteiger charge is 2.48. The number of carbonyl (C=O) groups is 1. The first-order chi connectivity index (χ1) is 9.68. The molecule has 2 N–H and O–H groups in total. The molecule has 0 bridgehead atoms. The summed E-state index contributed by atoms with van der Waals surface area (Å²) in [4.78, 5) is 12.2. The molecule has 5 nitrogen and oxygen atoms in total. The minimum Gasteiger partial charge on any atom is -0.346 e. The molecule has 1 saturated heterocycles. The lowest BCUT2D eigenvalue weighted by Crippen LogP contribution is -2.54. The van der Waals surface area contributed by atoms with E-state index in [4.69, 9.17) is 9.47 Å². The second kappa shape index (κ2) is 5.90. The summed E-state index contributed by atoms with van der Waals surface area (Å²) in [6.45, 7) is 3.56. The number of ether oxygens (including phenoxy) is 2. The molecule has 3 aliphatic rings. The normalized spacial score (nSPS) is 36.1. The second-order valence-electron chi connectivity index (χ2n) is 6.53. The van der Waals surface area contributed by atoms with Crippen LogP contribution in [-0.2, 0) is 9.47 Å². The van der Waals surface area contributed by atoms with E-state index in [9.17, 15) is 4.79 Å². The Morgan fingerprint density at radius 3 is 2.45 bits per heavy atom. The van der Waals surface area contributed by atoms with Gasteiger partial charge in [-0.25, -0.2) is 4.79 Å². The van der Waals surface area contributed by atoms with Crippen molar-refractivity contribution in [1.82, 2.24) is 10.6 Å². The fourth-order valence-corrected chi connectivity index (χ4v) is 3.73. The monoisotopic (exact) mass is 282 g/mol. The van der Waals surface area contributed by atoms with Gasteiger partial charge in [-0.05, 0) is 44.4 Å². The molecule has 1 unspecified atom stereocenters. The molecular weight excluding hydrogens is 256 g/mol. The maximum Gasteiger partial charge on any atom is 0.315 e. The molecule has 1 heterocycles. The van der Waals surface area contributed by atoms with E-state index in [1.165, 1.54) is 12.8 Å². The van der Waals surface area contributed by atoms with Crippen LogP contribution >= 0.6 is 0 Å². The number of rotatable bonds is 2. The van der Waals surface area contributed by atoms with Gasteiger partial charge in [-0.1, -0.05) is 6.92 Å². The smallest absolute Gasteiger partial charge is 0.315 e. The fourth-order valence-electron chi connectivity index (χ4n) is 3.73. The first kappa shape index (κ1) is 14.1. The third-order valence-electron chi connectivity index (χ3n) is 4.98. The second-order valence-corrected chi connectivity index (χ2v) is 6.53. The Bertz CT molecular complexity index is 342. The number of carbonyl (C=O) groups excluding carboxylic acids is 1. The average molecular weight is 282 g/mol. The third kappa shape index (κ3) is 2.93. The van der Waals surface area contributed by atoms with Crippen molar-refractivity contribution in [2.24, 2.45) is 5.92 Å². The van der Waals surface area contributed by atoms with E-state index in [2.05, 4.69) is 17.6 Å². The molecule has 1 spiro atoms. The highest BCUT2D eigenvalue weighted by molar-refractivity contribution is 5.74. The van der Waals surface area contributed by atoms with E-state index in [1.807, 2.05) is 0 Å². The van der Waals surface area contributed by atoms with E-state index < -0.39 is 5.79 Å². The van der Waals surface area contributed by atoms with E-state index in [-0.39, 0.29) is 12.1 Å². The van der Waals surface area contributed by atoms with Gasteiger partial charge in [-0.15, -0.1) is 0 Å². The molecule has 0 aromatic rings. The summed E-state index contributed by atoms with van der Waals surface area (Å²) in [5.74, 6) is 0.257. The maximum absolute atomic E-state index is 12.2. The van der Waals surface area contributed by atoms with Crippen LogP contribution in [0.15, 0.2) is 0 Å². The Hall–Kier alpha value is -0.810. The first-order valence-corrected chi connectivity index (χ1v) is 8.03. The topological polar surface area (TPSA) is 59.6 Å². The van der Waals surface area contributed by atoms with Gasteiger partial charge in [0.2, 0.25) is 0 Å². The van der Waals surface area contributed by atoms with Gasteiger partial charge < -0.3 is 20.1 Å². The first-order valence-electron chi connectivity index (χ1n) is 8.03. The lowest BCUT2D eigenvalue weighted by Gasteiger charge is -2.31. The lowest BCUT2D eigenvalue weighted by atomic mass is 9.87. The van der Waals surface area contributed by atoms with Crippen LogP contribution in [0.1, 0.15) is 51.9 Å². The summed E-state index contributed by atoms with van der Waals surface area (Å²) in [6.07, 6.45) is 7.49. The molecule has 3 fully saturated rings. The molecule has 0 radical (unpaired) electrons. The number of hydrogen-bond donors (Lipinski definition) is 2. The van der Waals surface area contributed by atoms with Crippen LogP contribution in [-0.4, -0.2) is 37.1 Å². The van der Waals surface area contributed by atoms with E-state index in [1.54, 1.807) is 0 Å². The standard InChI is InChI=1S/C15H26N2O3/c1-11-4-6-12(7-5-11)16-14(18)17-13-3-2-8-15(13)19-9-10-20-15/h11-13H,2-10H2,1H3,(H2,16,17,18). The molecule has 2 amide bonds. The van der Waals surface area contributed by atoms with Crippen LogP contribution in [0.3, 0.4) is 0 Å². The number of nitrogens with one attached hydrogen (secondary N) is 2. The molecule has 1 atom stereocenters. The molecular formula is C15H26N2O3. The molecule has 2 saturated carbocycles. The minimum atomic E-state index is -0.543. The van der Waals surface area contributed by atoms with E-state index in [0.717, 1.165) is 38.0 Å². The van der Waals surface area contributed by atoms with Gasteiger partial charge in [0.15, 0.2) is 5.79 Å². The largest absolute Gasteiger partial charge is 0.346 e. The molecule has 114 valence electrons. The number of urea groups is 1. The van der Waals surface area contributed by atoms with Crippen molar-refractivity contribution >= 4 is 6.03 Å². The summed E-state index contributed by atoms with van der Waals surface area (Å²) < 4.78 is 11.5. The van der Waals surface area contributed by atoms with Crippen LogP contribution < -0.4 is 10.6 Å². The van der Waals surface area contributed by atoms with Gasteiger partial charge in [-0.2, -0.15) is 0 Å². The maximum atomic E-state index is 12.2. The highest BCUT2D eigenvalue weighted by atomic mass is 16.7. The van der Waals surface area contributed by atoms with Crippen molar-refractivity contribution in [3.05, 3.63) is 0 Å². The quantitative estimate of drug-likeness (QED) is 0.816. The Kier molecular flexibility index (Phi) is 4.17. The summed E-state index contributed by atoms with van der Waals surface area (Å²) in [6, 6.07) is 0.261. The number of amides is 2. The van der Waals surface area contributed by atoms with Gasteiger partial charge in [0.05, 0.1) is 19.3 Å². The van der Waals surface area contributed by atoms with Gasteiger partial charge in [0.1, 0.15) is 0 Å². The zero-order valence-corrected chi connectivity index (χ0v) is 12.3. The highest BCUT2D eigenvalue weighted by Crippen LogP contribution is 2.37. The van der Waals surface area contributed by atoms with Crippen LogP contribution in [0.5, 0.6) is 0 Å². The summed E-state index contributed by atoms with van der Waals surface area (Å²) >= 11 is 0. The molecule has 0 aromatic carbocycles. The van der Waals surface area contributed by atoms with Gasteiger partial charge in [-0.3, -0.25) is 0 Å². The van der Waals surface area contributed by atoms with Crippen LogP contribution in [0.4, 0.5) is 4.79 Å². The number of hydrogen-bond acceptors (Lipinski definition) is 3. The minimum absolute atomic E-state index is 0.00693. The Morgan fingerprint density at radius 1 is 1.05 bits per heavy atom. The Balaban J connectivity index is 1.49. The Morgan fingerprint density at radius 2 is 1.75 bits per heavy atom. The summed E-state index contributed by atoms with van der Waals surface area (Å²) in [5.41, 5.74) is 0. The zero-order chi connectivity index (χ0) is 14.0. The summed E-state index contributed by atoms with van der Waals surface area (Å²) in [5, 5.41) is 6.18. The van der Waals surface area contributed by atoms with Crippen molar-refractivity contribution in [3.8, 4) is 0 Å². The van der Waals surface area contributed by atoms with Crippen LogP contribution in [0, 0.1) is 5.92 Å². The van der Waals surface area contributed by atoms with Crippen molar-refractivity contribution < 1.29 is 14.3 Å². The lowest BCUT2D eigenvalue weighted by molar-refractivity contribution is -0.164. The third-order valence-corrected chi connectivity index (χ3v) is 4.98. The molecule has 2 aliphatic carbocycles. The van der Waals surface area contributed by atoms with Gasteiger partial charge in [0.25, 0.3) is 0 Å². The molecule has 1 aliphatic heterocycles. The van der Waals surface area contributed by atoms with E-state index >= 15 is 0 Å². The van der Waals surface area contributed by atoms with Gasteiger partial charge >= 0.3 is 6.03 Å². The van der Waals surface area contributed by atoms with Gasteiger partial charge in [0, 0.05) is 12.5 Å². The molecule has 0 aromatic heterocycles. The average Bonchev–Trinajstić information content (AvgIpc) is 3.05. The SMILES string of the molecule is CC1CCC(NC(=O)NC2CCCC23OCCO3)CC1. The fraction of sp³-hybridized carbons (Fsp3) is 0.933. The predicted molar refractivity (Wildman–Crippen MR) is 75.4 cm³/mol. The molecule has 20 heavy (non-hydrogen) atoms. The predicted octanol–water partition coefficient (Wildman–Crippen LogP) is 2.16. The van der Waals surface area contributed by atoms with Crippen LogP contribution in [0.25, 0.3) is 0 Å². The zero-order valence-electron chi connectivity index (χ0n) is 12.3. The van der Waals surface area contributed by atoms with Crippen LogP contribution in [0.2, 0.25) is 0 Å². The van der Waals surface area contributed by atoms with Crippen molar-refractivity contribution in [1.29, 1.82) is 0 Å². The molecule has 5 heteroatoms. The Labute approximate surface area is 120 Å². The van der Waals surface area contributed by atoms with E-state index in [0.29, 0.717) is 19.3 Å². The van der Waals surface area contributed by atoms with Crippen molar-refractivity contribution in [2.75, 3.05) is 13.2 Å². The van der Waals surface area contributed by atoms with Crippen molar-refractivity contribution in [2.45, 2.75) is 69.7 Å².